The Kier molecular flexibility index (Phi) is 5.33. The van der Waals surface area contributed by atoms with Gasteiger partial charge in [0, 0.05) is 18.6 Å². The Morgan fingerprint density at radius 3 is 2.69 bits per heavy atom. The lowest BCUT2D eigenvalue weighted by Crippen LogP contribution is -2.79. The van der Waals surface area contributed by atoms with Crippen LogP contribution in [0.15, 0.2) is 53.6 Å². The van der Waals surface area contributed by atoms with Gasteiger partial charge in [-0.15, -0.1) is 0 Å². The maximum Gasteiger partial charge on any atom is 0.275 e. The number of hydrogen-bond donors (Lipinski definition) is 3. The number of carbonyl (C=O) groups excluding carboxylic acids is 1. The minimum absolute atomic E-state index is 0.00428. The van der Waals surface area contributed by atoms with Crippen molar-refractivity contribution < 1.29 is 14.7 Å². The number of benzene rings is 2. The Labute approximate surface area is 149 Å². The van der Waals surface area contributed by atoms with Gasteiger partial charge in [-0.3, -0.25) is 25.2 Å². The number of nitrogens with zero attached hydrogens (tertiary/aromatic N) is 2. The van der Waals surface area contributed by atoms with Gasteiger partial charge in [0.05, 0.1) is 35.4 Å². The van der Waals surface area contributed by atoms with Crippen molar-refractivity contribution >= 4 is 23.6 Å². The summed E-state index contributed by atoms with van der Waals surface area (Å²) in [6.07, 6.45) is 2.46. The summed E-state index contributed by atoms with van der Waals surface area (Å²) in [5.74, 6) is 0.502. The van der Waals surface area contributed by atoms with E-state index >= 15 is 0 Å². The van der Waals surface area contributed by atoms with E-state index in [0.29, 0.717) is 11.1 Å². The molecular weight excluding hydrogens is 334 g/mol. The highest BCUT2D eigenvalue weighted by molar-refractivity contribution is 6.07. The van der Waals surface area contributed by atoms with Crippen molar-refractivity contribution in [1.82, 2.24) is 10.7 Å². The zero-order valence-corrected chi connectivity index (χ0v) is 13.9. The molecule has 8 heteroatoms. The summed E-state index contributed by atoms with van der Waals surface area (Å²) in [4.78, 5) is 25.9. The van der Waals surface area contributed by atoms with E-state index in [1.165, 1.54) is 18.3 Å². The van der Waals surface area contributed by atoms with Crippen molar-refractivity contribution in [3.8, 4) is 0 Å². The van der Waals surface area contributed by atoms with Crippen molar-refractivity contribution in [3.05, 3.63) is 75.3 Å². The van der Waals surface area contributed by atoms with E-state index in [2.05, 4.69) is 20.8 Å². The second kappa shape index (κ2) is 8.02. The SMILES string of the molecule is O=C(N/N=C/c1ccc([N+](=O)[O-])cc1)c1ccccc1C1=[NH+]CCCN1. The highest BCUT2D eigenvalue weighted by atomic mass is 16.6. The molecule has 1 amide bonds. The normalized spacial score (nSPS) is 13.8. The smallest absolute Gasteiger partial charge is 0.274 e. The summed E-state index contributed by atoms with van der Waals surface area (Å²) in [7, 11) is 0. The second-order valence-electron chi connectivity index (χ2n) is 5.68. The summed E-state index contributed by atoms with van der Waals surface area (Å²) >= 11 is 0. The molecule has 8 nitrogen and oxygen atoms in total. The molecule has 0 spiro atoms. The van der Waals surface area contributed by atoms with Gasteiger partial charge in [-0.1, -0.05) is 12.1 Å². The van der Waals surface area contributed by atoms with Gasteiger partial charge in [0.2, 0.25) is 0 Å². The van der Waals surface area contributed by atoms with Crippen LogP contribution in [0, 0.1) is 10.1 Å². The molecule has 1 heterocycles. The number of amidine groups is 1. The van der Waals surface area contributed by atoms with Crippen molar-refractivity contribution in [2.75, 3.05) is 13.1 Å². The molecule has 1 aliphatic rings. The second-order valence-corrected chi connectivity index (χ2v) is 5.68. The first-order valence-corrected chi connectivity index (χ1v) is 8.17. The van der Waals surface area contributed by atoms with Crippen LogP contribution in [0.1, 0.15) is 27.9 Å². The molecule has 3 rings (SSSR count). The van der Waals surface area contributed by atoms with E-state index in [0.717, 1.165) is 30.9 Å². The molecule has 0 saturated heterocycles. The standard InChI is InChI=1S/C18H17N5O3/c24-18(22-21-12-13-6-8-14(9-7-13)23(25)26)16-5-2-1-4-15(16)17-19-10-3-11-20-17/h1-2,4-9,12H,3,10-11H2,(H,19,20)(H,22,24)/p+1/b21-12+. The first-order chi connectivity index (χ1) is 12.6. The Balaban J connectivity index is 1.70. The number of nitro benzene ring substituents is 1. The van der Waals surface area contributed by atoms with Crippen LogP contribution < -0.4 is 15.7 Å². The molecule has 3 N–H and O–H groups in total. The van der Waals surface area contributed by atoms with Crippen LogP contribution in [0.5, 0.6) is 0 Å². The molecule has 0 atom stereocenters. The third kappa shape index (κ3) is 4.10. The number of nitrogens with one attached hydrogen (secondary N) is 3. The van der Waals surface area contributed by atoms with E-state index in [4.69, 9.17) is 0 Å². The first-order valence-electron chi connectivity index (χ1n) is 8.17. The number of non-ortho nitro benzene ring substituents is 1. The lowest BCUT2D eigenvalue weighted by molar-refractivity contribution is -0.463. The third-order valence-electron chi connectivity index (χ3n) is 3.88. The predicted molar refractivity (Wildman–Crippen MR) is 97.2 cm³/mol. The van der Waals surface area contributed by atoms with E-state index < -0.39 is 4.92 Å². The van der Waals surface area contributed by atoms with Gasteiger partial charge in [-0.2, -0.15) is 5.10 Å². The van der Waals surface area contributed by atoms with Crippen LogP contribution in [-0.4, -0.2) is 36.0 Å². The molecule has 0 aromatic heterocycles. The van der Waals surface area contributed by atoms with Gasteiger partial charge in [-0.25, -0.2) is 5.43 Å². The zero-order chi connectivity index (χ0) is 18.4. The molecule has 0 saturated carbocycles. The van der Waals surface area contributed by atoms with Crippen LogP contribution in [0.25, 0.3) is 0 Å². The lowest BCUT2D eigenvalue weighted by atomic mass is 10.1. The molecule has 2 aromatic rings. The topological polar surface area (TPSA) is 111 Å². The van der Waals surface area contributed by atoms with Crippen LogP contribution in [-0.2, 0) is 0 Å². The van der Waals surface area contributed by atoms with Gasteiger partial charge in [-0.05, 0) is 29.8 Å². The molecule has 0 radical (unpaired) electrons. The van der Waals surface area contributed by atoms with Crippen LogP contribution in [0.3, 0.4) is 0 Å². The summed E-state index contributed by atoms with van der Waals surface area (Å²) in [5, 5.41) is 17.8. The summed E-state index contributed by atoms with van der Waals surface area (Å²) in [6, 6.07) is 13.2. The van der Waals surface area contributed by atoms with Crippen LogP contribution in [0.4, 0.5) is 5.69 Å². The molecule has 1 aliphatic heterocycles. The number of rotatable bonds is 5. The van der Waals surface area contributed by atoms with Gasteiger partial charge in [0.1, 0.15) is 0 Å². The molecule has 0 bridgehead atoms. The minimum atomic E-state index is -0.468. The number of nitro groups is 1. The highest BCUT2D eigenvalue weighted by Gasteiger charge is 2.20. The van der Waals surface area contributed by atoms with Gasteiger partial charge < -0.3 is 0 Å². The zero-order valence-electron chi connectivity index (χ0n) is 13.9. The monoisotopic (exact) mass is 352 g/mol. The number of hydrazone groups is 1. The van der Waals surface area contributed by atoms with Crippen molar-refractivity contribution in [1.29, 1.82) is 0 Å². The number of amides is 1. The summed E-state index contributed by atoms with van der Waals surface area (Å²) in [6.45, 7) is 1.72. The average molecular weight is 352 g/mol. The van der Waals surface area contributed by atoms with Crippen molar-refractivity contribution in [3.63, 3.8) is 0 Å². The van der Waals surface area contributed by atoms with Crippen molar-refractivity contribution in [2.24, 2.45) is 5.10 Å². The molecule has 26 heavy (non-hydrogen) atoms. The lowest BCUT2D eigenvalue weighted by Gasteiger charge is -2.11. The van der Waals surface area contributed by atoms with E-state index in [9.17, 15) is 14.9 Å². The maximum absolute atomic E-state index is 12.5. The van der Waals surface area contributed by atoms with Crippen molar-refractivity contribution in [2.45, 2.75) is 6.42 Å². The molecule has 0 fully saturated rings. The molecular formula is C18H18N5O3+. The van der Waals surface area contributed by atoms with Gasteiger partial charge in [0.25, 0.3) is 17.4 Å². The Bertz CT molecular complexity index is 875. The molecule has 0 aliphatic carbocycles. The summed E-state index contributed by atoms with van der Waals surface area (Å²) in [5.41, 5.74) is 4.44. The van der Waals surface area contributed by atoms with Gasteiger partial charge in [0.15, 0.2) is 0 Å². The maximum atomic E-state index is 12.5. The fourth-order valence-corrected chi connectivity index (χ4v) is 2.58. The van der Waals surface area contributed by atoms with Crippen LogP contribution >= 0.6 is 0 Å². The van der Waals surface area contributed by atoms with E-state index in [1.54, 1.807) is 24.3 Å². The first kappa shape index (κ1) is 17.3. The molecule has 2 aromatic carbocycles. The largest absolute Gasteiger partial charge is 0.275 e. The molecule has 132 valence electrons. The Morgan fingerprint density at radius 2 is 2.00 bits per heavy atom. The fourth-order valence-electron chi connectivity index (χ4n) is 2.58. The minimum Gasteiger partial charge on any atom is -0.274 e. The Hall–Kier alpha value is -3.55. The fraction of sp³-hybridized carbons (Fsp3) is 0.167. The predicted octanol–water partition coefficient (Wildman–Crippen LogP) is 0.179. The van der Waals surface area contributed by atoms with E-state index in [-0.39, 0.29) is 11.6 Å². The average Bonchev–Trinajstić information content (AvgIpc) is 2.69. The van der Waals surface area contributed by atoms with Gasteiger partial charge >= 0.3 is 0 Å². The number of carbonyl (C=O) groups is 1. The number of hydrogen-bond acceptors (Lipinski definition) is 5. The van der Waals surface area contributed by atoms with E-state index in [1.807, 2.05) is 12.1 Å². The quantitative estimate of drug-likeness (QED) is 0.405. The molecule has 0 unspecified atom stereocenters. The Morgan fingerprint density at radius 1 is 1.23 bits per heavy atom. The highest BCUT2D eigenvalue weighted by Crippen LogP contribution is 2.11. The van der Waals surface area contributed by atoms with Crippen LogP contribution in [0.2, 0.25) is 0 Å². The summed E-state index contributed by atoms with van der Waals surface area (Å²) < 4.78 is 0. The third-order valence-corrected chi connectivity index (χ3v) is 3.88.